The van der Waals surface area contributed by atoms with E-state index < -0.39 is 0 Å². The topological polar surface area (TPSA) is 42.7 Å². The third-order valence-electron chi connectivity index (χ3n) is 2.34. The van der Waals surface area contributed by atoms with Crippen molar-refractivity contribution in [3.05, 3.63) is 37.1 Å². The Morgan fingerprint density at radius 2 is 2.12 bits per heavy atom. The maximum absolute atomic E-state index is 4.38. The Labute approximate surface area is 102 Å². The zero-order valence-electron chi connectivity index (χ0n) is 10.5. The predicted molar refractivity (Wildman–Crippen MR) is 69.3 cm³/mol. The number of imidazole rings is 1. The second-order valence-corrected chi connectivity index (χ2v) is 5.29. The summed E-state index contributed by atoms with van der Waals surface area (Å²) in [5.41, 5.74) is 1.31. The van der Waals surface area contributed by atoms with Gasteiger partial charge in [0.2, 0.25) is 0 Å². The van der Waals surface area contributed by atoms with Crippen molar-refractivity contribution in [2.45, 2.75) is 20.8 Å². The fraction of sp³-hybridized carbons (Fsp3) is 0.385. The summed E-state index contributed by atoms with van der Waals surface area (Å²) in [6.45, 7) is 7.53. The Kier molecular flexibility index (Phi) is 3.13. The van der Waals surface area contributed by atoms with Crippen molar-refractivity contribution in [1.29, 1.82) is 0 Å². The van der Waals surface area contributed by atoms with E-state index in [-0.39, 0.29) is 5.41 Å². The van der Waals surface area contributed by atoms with Crippen LogP contribution in [0.4, 0.5) is 5.69 Å². The number of anilines is 1. The van der Waals surface area contributed by atoms with E-state index in [1.54, 1.807) is 12.5 Å². The number of nitrogens with one attached hydrogen (secondary N) is 1. The fourth-order valence-corrected chi connectivity index (χ4v) is 1.41. The Morgan fingerprint density at radius 1 is 1.29 bits per heavy atom. The third-order valence-corrected chi connectivity index (χ3v) is 2.34. The highest BCUT2D eigenvalue weighted by molar-refractivity contribution is 5.43. The molecule has 4 heteroatoms. The van der Waals surface area contributed by atoms with Crippen LogP contribution in [-0.2, 0) is 0 Å². The van der Waals surface area contributed by atoms with Crippen LogP contribution in [0, 0.1) is 5.41 Å². The van der Waals surface area contributed by atoms with E-state index >= 15 is 0 Å². The van der Waals surface area contributed by atoms with Crippen LogP contribution < -0.4 is 5.32 Å². The molecule has 0 bridgehead atoms. The summed E-state index contributed by atoms with van der Waals surface area (Å²) < 4.78 is 1.88. The van der Waals surface area contributed by atoms with Crippen LogP contribution >= 0.6 is 0 Å². The molecule has 0 fully saturated rings. The third kappa shape index (κ3) is 3.31. The predicted octanol–water partition coefficient (Wildman–Crippen LogP) is 2.73. The van der Waals surface area contributed by atoms with Gasteiger partial charge in [-0.1, -0.05) is 20.8 Å². The quantitative estimate of drug-likeness (QED) is 0.881. The molecule has 17 heavy (non-hydrogen) atoms. The molecule has 0 unspecified atom stereocenters. The van der Waals surface area contributed by atoms with E-state index in [2.05, 4.69) is 36.1 Å². The molecule has 4 nitrogen and oxygen atoms in total. The van der Waals surface area contributed by atoms with Gasteiger partial charge in [-0.2, -0.15) is 0 Å². The van der Waals surface area contributed by atoms with E-state index in [1.807, 2.05) is 29.1 Å². The van der Waals surface area contributed by atoms with Gasteiger partial charge >= 0.3 is 0 Å². The van der Waals surface area contributed by atoms with Gasteiger partial charge in [-0.15, -0.1) is 0 Å². The second-order valence-electron chi connectivity index (χ2n) is 5.29. The molecule has 0 saturated heterocycles. The van der Waals surface area contributed by atoms with Gasteiger partial charge in [-0.05, 0) is 17.5 Å². The molecular formula is C13H18N4. The van der Waals surface area contributed by atoms with Gasteiger partial charge in [-0.3, -0.25) is 4.57 Å². The van der Waals surface area contributed by atoms with E-state index in [0.29, 0.717) is 0 Å². The van der Waals surface area contributed by atoms with Crippen LogP contribution in [0.5, 0.6) is 0 Å². The van der Waals surface area contributed by atoms with Crippen molar-refractivity contribution in [2.75, 3.05) is 11.9 Å². The first kappa shape index (κ1) is 11.6. The summed E-state index contributed by atoms with van der Waals surface area (Å²) >= 11 is 0. The molecule has 2 aromatic heterocycles. The van der Waals surface area contributed by atoms with Gasteiger partial charge in [0.15, 0.2) is 0 Å². The fourth-order valence-electron chi connectivity index (χ4n) is 1.41. The monoisotopic (exact) mass is 230 g/mol. The first-order valence-electron chi connectivity index (χ1n) is 5.73. The van der Waals surface area contributed by atoms with Crippen LogP contribution in [0.2, 0.25) is 0 Å². The van der Waals surface area contributed by atoms with Gasteiger partial charge in [0.1, 0.15) is 12.1 Å². The van der Waals surface area contributed by atoms with E-state index in [0.717, 1.165) is 18.1 Å². The molecule has 1 N–H and O–H groups in total. The van der Waals surface area contributed by atoms with E-state index in [9.17, 15) is 0 Å². The lowest BCUT2D eigenvalue weighted by molar-refractivity contribution is 0.443. The summed E-state index contributed by atoms with van der Waals surface area (Å²) in [6.07, 6.45) is 7.21. The number of pyridine rings is 1. The first-order valence-corrected chi connectivity index (χ1v) is 5.73. The van der Waals surface area contributed by atoms with Crippen molar-refractivity contribution in [1.82, 2.24) is 14.5 Å². The normalized spacial score (nSPS) is 11.5. The molecule has 0 amide bonds. The number of aromatic nitrogens is 3. The molecule has 0 aliphatic carbocycles. The Bertz CT molecular complexity index is 451. The van der Waals surface area contributed by atoms with Gasteiger partial charge < -0.3 is 5.32 Å². The number of hydrogen-bond acceptors (Lipinski definition) is 3. The van der Waals surface area contributed by atoms with Crippen LogP contribution in [0.15, 0.2) is 37.1 Å². The lowest BCUT2D eigenvalue weighted by Crippen LogP contribution is -2.19. The zero-order chi connectivity index (χ0) is 12.3. The molecule has 0 aliphatic heterocycles. The van der Waals surface area contributed by atoms with Crippen LogP contribution in [0.25, 0.3) is 5.82 Å². The van der Waals surface area contributed by atoms with Crippen molar-refractivity contribution < 1.29 is 0 Å². The average molecular weight is 230 g/mol. The summed E-state index contributed by atoms with van der Waals surface area (Å²) in [7, 11) is 0. The lowest BCUT2D eigenvalue weighted by atomic mass is 9.97. The van der Waals surface area contributed by atoms with Gasteiger partial charge in [-0.25, -0.2) is 9.97 Å². The Balaban J connectivity index is 2.04. The summed E-state index contributed by atoms with van der Waals surface area (Å²) in [5.74, 6) is 0.879. The van der Waals surface area contributed by atoms with E-state index in [1.165, 1.54) is 0 Å². The zero-order valence-corrected chi connectivity index (χ0v) is 10.5. The number of nitrogens with zero attached hydrogens (tertiary/aromatic N) is 3. The van der Waals surface area contributed by atoms with Crippen molar-refractivity contribution in [3.63, 3.8) is 0 Å². The molecule has 2 aromatic rings. The van der Waals surface area contributed by atoms with Crippen LogP contribution in [0.3, 0.4) is 0 Å². The van der Waals surface area contributed by atoms with Crippen molar-refractivity contribution in [3.8, 4) is 5.82 Å². The molecule has 0 radical (unpaired) electrons. The Hall–Kier alpha value is -1.84. The minimum absolute atomic E-state index is 0.267. The highest BCUT2D eigenvalue weighted by Crippen LogP contribution is 2.15. The largest absolute Gasteiger partial charge is 0.383 e. The van der Waals surface area contributed by atoms with Crippen molar-refractivity contribution >= 4 is 5.69 Å². The van der Waals surface area contributed by atoms with Crippen LogP contribution in [-0.4, -0.2) is 21.1 Å². The van der Waals surface area contributed by atoms with Crippen LogP contribution in [0.1, 0.15) is 20.8 Å². The Morgan fingerprint density at radius 3 is 2.65 bits per heavy atom. The average Bonchev–Trinajstić information content (AvgIpc) is 2.79. The molecule has 90 valence electrons. The summed E-state index contributed by atoms with van der Waals surface area (Å²) in [6, 6.07) is 4.01. The highest BCUT2D eigenvalue weighted by Gasteiger charge is 2.09. The van der Waals surface area contributed by atoms with Crippen molar-refractivity contribution in [2.24, 2.45) is 5.41 Å². The molecule has 2 heterocycles. The van der Waals surface area contributed by atoms with E-state index in [4.69, 9.17) is 0 Å². The molecular weight excluding hydrogens is 212 g/mol. The standard InChI is InChI=1S/C13H18N4/c1-13(2,3)9-16-11-4-5-12(15-8-11)17-7-6-14-10-17/h4-8,10,16H,9H2,1-3H3. The molecule has 0 saturated carbocycles. The first-order chi connectivity index (χ1) is 8.04. The molecule has 0 atom stereocenters. The molecule has 0 aliphatic rings. The SMILES string of the molecule is CC(C)(C)CNc1ccc(-n2ccnc2)nc1. The molecule has 0 aromatic carbocycles. The maximum Gasteiger partial charge on any atom is 0.137 e. The summed E-state index contributed by atoms with van der Waals surface area (Å²) in [5, 5.41) is 3.37. The minimum Gasteiger partial charge on any atom is -0.383 e. The second kappa shape index (κ2) is 4.57. The molecule has 2 rings (SSSR count). The van der Waals surface area contributed by atoms with Gasteiger partial charge in [0.05, 0.1) is 11.9 Å². The lowest BCUT2D eigenvalue weighted by Gasteiger charge is -2.19. The number of hydrogen-bond donors (Lipinski definition) is 1. The minimum atomic E-state index is 0.267. The smallest absolute Gasteiger partial charge is 0.137 e. The maximum atomic E-state index is 4.38. The number of rotatable bonds is 3. The van der Waals surface area contributed by atoms with Gasteiger partial charge in [0, 0.05) is 18.9 Å². The summed E-state index contributed by atoms with van der Waals surface area (Å²) in [4.78, 5) is 8.38. The highest BCUT2D eigenvalue weighted by atomic mass is 15.1. The van der Waals surface area contributed by atoms with Gasteiger partial charge in [0.25, 0.3) is 0 Å². The molecule has 0 spiro atoms.